The van der Waals surface area contributed by atoms with Gasteiger partial charge in [-0.15, -0.1) is 0 Å². The van der Waals surface area contributed by atoms with Crippen molar-refractivity contribution in [3.05, 3.63) is 41.7 Å². The van der Waals surface area contributed by atoms with Crippen LogP contribution < -0.4 is 0 Å². The molecule has 1 aromatic carbocycles. The van der Waals surface area contributed by atoms with E-state index in [1.807, 2.05) is 0 Å². The van der Waals surface area contributed by atoms with Gasteiger partial charge in [-0.3, -0.25) is 4.90 Å². The molecule has 1 aliphatic heterocycles. The van der Waals surface area contributed by atoms with E-state index >= 15 is 0 Å². The van der Waals surface area contributed by atoms with E-state index in [2.05, 4.69) is 10.1 Å². The number of benzene rings is 1. The molecule has 3 rings (SSSR count). The van der Waals surface area contributed by atoms with Gasteiger partial charge in [0.25, 0.3) is 0 Å². The fourth-order valence-electron chi connectivity index (χ4n) is 2.36. The standard InChI is InChI=1S/C16H18F2N2O3/c17-14-2-1-12(9-15(14)18)16-10-13(23-19-16)11-22-8-5-20-3-6-21-7-4-20/h1-2,9-10H,3-8,11H2. The van der Waals surface area contributed by atoms with Crippen molar-refractivity contribution in [1.82, 2.24) is 10.1 Å². The maximum Gasteiger partial charge on any atom is 0.163 e. The Morgan fingerprint density at radius 3 is 2.74 bits per heavy atom. The summed E-state index contributed by atoms with van der Waals surface area (Å²) in [5.74, 6) is -1.25. The van der Waals surface area contributed by atoms with Crippen molar-refractivity contribution < 1.29 is 22.8 Å². The molecule has 2 heterocycles. The van der Waals surface area contributed by atoms with E-state index in [-0.39, 0.29) is 0 Å². The van der Waals surface area contributed by atoms with E-state index in [0.717, 1.165) is 45.0 Å². The van der Waals surface area contributed by atoms with E-state index in [9.17, 15) is 8.78 Å². The second-order valence-corrected chi connectivity index (χ2v) is 5.31. The first-order valence-corrected chi connectivity index (χ1v) is 7.51. The van der Waals surface area contributed by atoms with Gasteiger partial charge in [0.2, 0.25) is 0 Å². The molecular formula is C16H18F2N2O3. The van der Waals surface area contributed by atoms with Gasteiger partial charge in [-0.25, -0.2) is 8.78 Å². The Hall–Kier alpha value is -1.83. The third-order valence-electron chi connectivity index (χ3n) is 3.67. The third-order valence-corrected chi connectivity index (χ3v) is 3.67. The highest BCUT2D eigenvalue weighted by molar-refractivity contribution is 5.58. The van der Waals surface area contributed by atoms with Gasteiger partial charge < -0.3 is 14.0 Å². The van der Waals surface area contributed by atoms with Crippen molar-refractivity contribution >= 4 is 0 Å². The SMILES string of the molecule is Fc1ccc(-c2cc(COCCN3CCOCC3)on2)cc1F. The summed E-state index contributed by atoms with van der Waals surface area (Å²) in [5, 5.41) is 3.85. The fourth-order valence-corrected chi connectivity index (χ4v) is 2.36. The molecule has 1 fully saturated rings. The van der Waals surface area contributed by atoms with Crippen LogP contribution in [0.15, 0.2) is 28.8 Å². The van der Waals surface area contributed by atoms with Crippen LogP contribution in [-0.2, 0) is 16.1 Å². The highest BCUT2D eigenvalue weighted by atomic mass is 19.2. The molecule has 0 saturated carbocycles. The van der Waals surface area contributed by atoms with Crippen LogP contribution >= 0.6 is 0 Å². The molecule has 0 spiro atoms. The number of halogens is 2. The summed E-state index contributed by atoms with van der Waals surface area (Å²) in [6.45, 7) is 5.09. The lowest BCUT2D eigenvalue weighted by Crippen LogP contribution is -2.38. The monoisotopic (exact) mass is 324 g/mol. The first-order valence-electron chi connectivity index (χ1n) is 7.51. The summed E-state index contributed by atoms with van der Waals surface area (Å²) in [4.78, 5) is 2.27. The van der Waals surface area contributed by atoms with Crippen molar-refractivity contribution in [2.75, 3.05) is 39.5 Å². The van der Waals surface area contributed by atoms with Crippen LogP contribution in [0.1, 0.15) is 5.76 Å². The minimum absolute atomic E-state index is 0.293. The van der Waals surface area contributed by atoms with Crippen LogP contribution in [-0.4, -0.2) is 49.5 Å². The Kier molecular flexibility index (Phi) is 5.32. The minimum atomic E-state index is -0.909. The second kappa shape index (κ2) is 7.63. The molecule has 1 aromatic heterocycles. The second-order valence-electron chi connectivity index (χ2n) is 5.31. The van der Waals surface area contributed by atoms with Crippen LogP contribution in [0.2, 0.25) is 0 Å². The quantitative estimate of drug-likeness (QED) is 0.764. The van der Waals surface area contributed by atoms with Gasteiger partial charge in [0.1, 0.15) is 12.3 Å². The average molecular weight is 324 g/mol. The normalized spacial score (nSPS) is 15.9. The lowest BCUT2D eigenvalue weighted by Gasteiger charge is -2.26. The predicted molar refractivity (Wildman–Crippen MR) is 78.8 cm³/mol. The van der Waals surface area contributed by atoms with Crippen LogP contribution in [0.3, 0.4) is 0 Å². The molecule has 0 amide bonds. The summed E-state index contributed by atoms with van der Waals surface area (Å²) in [6, 6.07) is 5.29. The lowest BCUT2D eigenvalue weighted by molar-refractivity contribution is 0.0155. The molecule has 0 aliphatic carbocycles. The summed E-state index contributed by atoms with van der Waals surface area (Å²) in [7, 11) is 0. The molecule has 0 bridgehead atoms. The highest BCUT2D eigenvalue weighted by Gasteiger charge is 2.11. The van der Waals surface area contributed by atoms with Crippen LogP contribution in [0.5, 0.6) is 0 Å². The zero-order valence-electron chi connectivity index (χ0n) is 12.6. The Balaban J connectivity index is 1.48. The Morgan fingerprint density at radius 1 is 1.13 bits per heavy atom. The zero-order valence-corrected chi connectivity index (χ0v) is 12.6. The average Bonchev–Trinajstić information content (AvgIpc) is 3.04. The fraction of sp³-hybridized carbons (Fsp3) is 0.438. The number of hydrogen-bond donors (Lipinski definition) is 0. The zero-order chi connectivity index (χ0) is 16.1. The van der Waals surface area contributed by atoms with Crippen LogP contribution in [0, 0.1) is 11.6 Å². The molecule has 1 aliphatic rings. The van der Waals surface area contributed by atoms with Crippen LogP contribution in [0.25, 0.3) is 11.3 Å². The molecule has 0 unspecified atom stereocenters. The minimum Gasteiger partial charge on any atom is -0.379 e. The van der Waals surface area contributed by atoms with Crippen molar-refractivity contribution in [2.45, 2.75) is 6.61 Å². The lowest BCUT2D eigenvalue weighted by atomic mass is 10.1. The Morgan fingerprint density at radius 2 is 1.96 bits per heavy atom. The Bertz CT molecular complexity index is 642. The first-order chi connectivity index (χ1) is 11.2. The van der Waals surface area contributed by atoms with E-state index < -0.39 is 11.6 Å². The maximum atomic E-state index is 13.2. The van der Waals surface area contributed by atoms with Gasteiger partial charge in [0.15, 0.2) is 17.4 Å². The number of aromatic nitrogens is 1. The van der Waals surface area contributed by atoms with Crippen molar-refractivity contribution in [3.8, 4) is 11.3 Å². The van der Waals surface area contributed by atoms with Gasteiger partial charge in [-0.05, 0) is 18.2 Å². The predicted octanol–water partition coefficient (Wildman–Crippen LogP) is 2.47. The van der Waals surface area contributed by atoms with Gasteiger partial charge in [0, 0.05) is 31.3 Å². The molecule has 124 valence electrons. The van der Waals surface area contributed by atoms with Crippen molar-refractivity contribution in [1.29, 1.82) is 0 Å². The molecule has 23 heavy (non-hydrogen) atoms. The first kappa shape index (κ1) is 16.0. The molecule has 0 radical (unpaired) electrons. The molecule has 5 nitrogen and oxygen atoms in total. The largest absolute Gasteiger partial charge is 0.379 e. The molecule has 2 aromatic rings. The summed E-state index contributed by atoms with van der Waals surface area (Å²) < 4.78 is 42.2. The van der Waals surface area contributed by atoms with Gasteiger partial charge >= 0.3 is 0 Å². The molecule has 0 atom stereocenters. The van der Waals surface area contributed by atoms with E-state index in [1.54, 1.807) is 6.07 Å². The summed E-state index contributed by atoms with van der Waals surface area (Å²) >= 11 is 0. The van der Waals surface area contributed by atoms with E-state index in [0.29, 0.717) is 30.2 Å². The van der Waals surface area contributed by atoms with Gasteiger partial charge in [-0.1, -0.05) is 5.16 Å². The smallest absolute Gasteiger partial charge is 0.163 e. The number of ether oxygens (including phenoxy) is 2. The number of nitrogens with zero attached hydrogens (tertiary/aromatic N) is 2. The van der Waals surface area contributed by atoms with Gasteiger partial charge in [0.05, 0.1) is 19.8 Å². The molecule has 0 N–H and O–H groups in total. The van der Waals surface area contributed by atoms with E-state index in [1.165, 1.54) is 6.07 Å². The van der Waals surface area contributed by atoms with E-state index in [4.69, 9.17) is 14.0 Å². The topological polar surface area (TPSA) is 47.7 Å². The number of rotatable bonds is 6. The highest BCUT2D eigenvalue weighted by Crippen LogP contribution is 2.21. The van der Waals surface area contributed by atoms with Crippen LogP contribution in [0.4, 0.5) is 8.78 Å². The van der Waals surface area contributed by atoms with Crippen molar-refractivity contribution in [2.24, 2.45) is 0 Å². The Labute approximate surface area is 132 Å². The summed E-state index contributed by atoms with van der Waals surface area (Å²) in [6.07, 6.45) is 0. The molecule has 7 heteroatoms. The summed E-state index contributed by atoms with van der Waals surface area (Å²) in [5.41, 5.74) is 0.919. The molecular weight excluding hydrogens is 306 g/mol. The number of morpholine rings is 1. The third kappa shape index (κ3) is 4.34. The molecule has 1 saturated heterocycles. The number of hydrogen-bond acceptors (Lipinski definition) is 5. The maximum absolute atomic E-state index is 13.2. The van der Waals surface area contributed by atoms with Gasteiger partial charge in [-0.2, -0.15) is 0 Å². The van der Waals surface area contributed by atoms with Crippen molar-refractivity contribution in [3.63, 3.8) is 0 Å².